The van der Waals surface area contributed by atoms with Gasteiger partial charge in [-0.3, -0.25) is 19.3 Å². The minimum atomic E-state index is -0.833. The number of hydrogen-bond acceptors (Lipinski definition) is 7. The fraction of sp³-hybridized carbons (Fsp3) is 0.704. The van der Waals surface area contributed by atoms with E-state index in [0.29, 0.717) is 12.3 Å². The number of carboxylic acid groups (broad SMARTS) is 2. The van der Waals surface area contributed by atoms with Gasteiger partial charge in [-0.15, -0.1) is 0 Å². The van der Waals surface area contributed by atoms with E-state index in [0.717, 1.165) is 71.3 Å². The highest BCUT2D eigenvalue weighted by Gasteiger charge is 2.40. The van der Waals surface area contributed by atoms with Crippen LogP contribution in [0.25, 0.3) is 0 Å². The Balaban J connectivity index is 0.000000530. The fourth-order valence-corrected chi connectivity index (χ4v) is 5.54. The number of amides is 1. The summed E-state index contributed by atoms with van der Waals surface area (Å²) in [5, 5.41) is 21.3. The molecule has 2 saturated heterocycles. The molecule has 3 heterocycles. The van der Waals surface area contributed by atoms with Gasteiger partial charge in [0.1, 0.15) is 11.3 Å². The number of rotatable bonds is 5. The molecule has 208 valence electrons. The Kier molecular flexibility index (Phi) is 12.3. The predicted molar refractivity (Wildman–Crippen MR) is 140 cm³/mol. The molecular formula is C27H43N3O7. The zero-order valence-electron chi connectivity index (χ0n) is 22.4. The van der Waals surface area contributed by atoms with E-state index in [1.54, 1.807) is 0 Å². The van der Waals surface area contributed by atoms with Gasteiger partial charge in [0.2, 0.25) is 0 Å². The highest BCUT2D eigenvalue weighted by atomic mass is 16.4. The molecule has 1 saturated carbocycles. The number of nitrogens with zero attached hydrogens (tertiary/aromatic N) is 1. The SMILES string of the molecule is CC(=O)O.CC(=O)O.Cc1cc(C2CCCNC2)oc(=O)c1C(=O)NCC1(N2CCCCC2)CCCC1. The third-order valence-electron chi connectivity index (χ3n) is 7.23. The highest BCUT2D eigenvalue weighted by molar-refractivity contribution is 5.95. The molecule has 3 fully saturated rings. The van der Waals surface area contributed by atoms with Crippen molar-refractivity contribution < 1.29 is 29.0 Å². The first kappa shape index (κ1) is 30.5. The number of carbonyl (C=O) groups is 3. The standard InChI is InChI=1S/C23H35N3O3.2C2H4O2/c1-17-14-19(18-8-7-11-24-15-18)29-22(28)20(17)21(27)25-16-23(9-3-4-10-23)26-12-5-2-6-13-26;2*1-2(3)4/h14,18,24H,2-13,15-16H2,1H3,(H,25,27);2*1H3,(H,3,4). The van der Waals surface area contributed by atoms with Crippen LogP contribution in [0.1, 0.15) is 99.2 Å². The molecule has 2 aliphatic heterocycles. The largest absolute Gasteiger partial charge is 0.481 e. The molecule has 4 N–H and O–H groups in total. The van der Waals surface area contributed by atoms with Gasteiger partial charge in [-0.05, 0) is 76.7 Å². The molecular weight excluding hydrogens is 478 g/mol. The number of piperidine rings is 2. The van der Waals surface area contributed by atoms with Gasteiger partial charge in [-0.1, -0.05) is 19.3 Å². The van der Waals surface area contributed by atoms with Gasteiger partial charge >= 0.3 is 5.63 Å². The maximum absolute atomic E-state index is 13.0. The first-order chi connectivity index (χ1) is 17.6. The Morgan fingerprint density at radius 3 is 2.16 bits per heavy atom. The number of aryl methyl sites for hydroxylation is 1. The van der Waals surface area contributed by atoms with Crippen LogP contribution < -0.4 is 16.3 Å². The molecule has 1 amide bonds. The van der Waals surface area contributed by atoms with Gasteiger partial charge in [0.15, 0.2) is 0 Å². The highest BCUT2D eigenvalue weighted by Crippen LogP contribution is 2.36. The third-order valence-corrected chi connectivity index (χ3v) is 7.23. The van der Waals surface area contributed by atoms with E-state index in [4.69, 9.17) is 24.2 Å². The predicted octanol–water partition coefficient (Wildman–Crippen LogP) is 3.13. The van der Waals surface area contributed by atoms with Crippen molar-refractivity contribution in [3.63, 3.8) is 0 Å². The van der Waals surface area contributed by atoms with Crippen LogP contribution >= 0.6 is 0 Å². The molecule has 1 unspecified atom stereocenters. The van der Waals surface area contributed by atoms with E-state index >= 15 is 0 Å². The summed E-state index contributed by atoms with van der Waals surface area (Å²) >= 11 is 0. The molecule has 0 bridgehead atoms. The number of carbonyl (C=O) groups excluding carboxylic acids is 1. The smallest absolute Gasteiger partial charge is 0.349 e. The van der Waals surface area contributed by atoms with Crippen LogP contribution in [0.4, 0.5) is 0 Å². The fourth-order valence-electron chi connectivity index (χ4n) is 5.54. The lowest BCUT2D eigenvalue weighted by Crippen LogP contribution is -2.55. The minimum Gasteiger partial charge on any atom is -0.481 e. The summed E-state index contributed by atoms with van der Waals surface area (Å²) in [6.07, 6.45) is 10.6. The van der Waals surface area contributed by atoms with Crippen molar-refractivity contribution in [1.29, 1.82) is 0 Å². The molecule has 0 spiro atoms. The monoisotopic (exact) mass is 521 g/mol. The summed E-state index contributed by atoms with van der Waals surface area (Å²) in [5.74, 6) is -1.03. The number of carboxylic acids is 2. The zero-order chi connectivity index (χ0) is 27.4. The van der Waals surface area contributed by atoms with Gasteiger partial charge in [-0.25, -0.2) is 4.79 Å². The Hall–Kier alpha value is -2.72. The summed E-state index contributed by atoms with van der Waals surface area (Å²) in [5.41, 5.74) is 0.460. The molecule has 4 rings (SSSR count). The third kappa shape index (κ3) is 9.59. The first-order valence-electron chi connectivity index (χ1n) is 13.3. The minimum absolute atomic E-state index is 0.0673. The number of hydrogen-bond donors (Lipinski definition) is 4. The molecule has 10 heteroatoms. The summed E-state index contributed by atoms with van der Waals surface area (Å²) in [6.45, 7) is 8.73. The average molecular weight is 522 g/mol. The van der Waals surface area contributed by atoms with E-state index in [9.17, 15) is 9.59 Å². The lowest BCUT2D eigenvalue weighted by Gasteiger charge is -2.43. The molecule has 0 radical (unpaired) electrons. The molecule has 3 aliphatic rings. The van der Waals surface area contributed by atoms with Crippen molar-refractivity contribution in [3.05, 3.63) is 33.4 Å². The van der Waals surface area contributed by atoms with Gasteiger partial charge in [-0.2, -0.15) is 0 Å². The first-order valence-corrected chi connectivity index (χ1v) is 13.3. The lowest BCUT2D eigenvalue weighted by atomic mass is 9.92. The Bertz CT molecular complexity index is 937. The normalized spacial score (nSPS) is 21.0. The van der Waals surface area contributed by atoms with E-state index < -0.39 is 17.6 Å². The molecule has 1 aromatic heterocycles. The van der Waals surface area contributed by atoms with Crippen LogP contribution in [-0.2, 0) is 9.59 Å². The zero-order valence-corrected chi connectivity index (χ0v) is 22.4. The molecule has 37 heavy (non-hydrogen) atoms. The molecule has 0 aromatic carbocycles. The van der Waals surface area contributed by atoms with Crippen molar-refractivity contribution in [3.8, 4) is 0 Å². The second kappa shape index (κ2) is 14.9. The Labute approximate surface area is 218 Å². The van der Waals surface area contributed by atoms with Crippen molar-refractivity contribution >= 4 is 17.8 Å². The van der Waals surface area contributed by atoms with Gasteiger partial charge in [0.25, 0.3) is 17.8 Å². The summed E-state index contributed by atoms with van der Waals surface area (Å²) < 4.78 is 5.60. The van der Waals surface area contributed by atoms with Crippen LogP contribution in [0.15, 0.2) is 15.3 Å². The second-order valence-corrected chi connectivity index (χ2v) is 10.2. The van der Waals surface area contributed by atoms with Crippen molar-refractivity contribution in [2.45, 2.75) is 90.0 Å². The lowest BCUT2D eigenvalue weighted by molar-refractivity contribution is -0.135. The summed E-state index contributed by atoms with van der Waals surface area (Å²) in [6, 6.07) is 1.89. The maximum Gasteiger partial charge on any atom is 0.349 e. The summed E-state index contributed by atoms with van der Waals surface area (Å²) in [4.78, 5) is 46.2. The quantitative estimate of drug-likeness (QED) is 0.458. The van der Waals surface area contributed by atoms with E-state index in [2.05, 4.69) is 15.5 Å². The summed E-state index contributed by atoms with van der Waals surface area (Å²) in [7, 11) is 0. The molecule has 1 atom stereocenters. The van der Waals surface area contributed by atoms with Crippen molar-refractivity contribution in [2.24, 2.45) is 0 Å². The van der Waals surface area contributed by atoms with E-state index in [-0.39, 0.29) is 22.9 Å². The van der Waals surface area contributed by atoms with Crippen LogP contribution in [0.2, 0.25) is 0 Å². The van der Waals surface area contributed by atoms with Crippen LogP contribution in [0.3, 0.4) is 0 Å². The van der Waals surface area contributed by atoms with Crippen LogP contribution in [-0.4, -0.2) is 71.2 Å². The topological polar surface area (TPSA) is 149 Å². The van der Waals surface area contributed by atoms with Gasteiger partial charge in [0.05, 0.1) is 0 Å². The van der Waals surface area contributed by atoms with E-state index in [1.807, 2.05) is 13.0 Å². The van der Waals surface area contributed by atoms with Crippen molar-refractivity contribution in [2.75, 3.05) is 32.7 Å². The Morgan fingerprint density at radius 1 is 1.05 bits per heavy atom. The second-order valence-electron chi connectivity index (χ2n) is 10.2. The number of aliphatic carboxylic acids is 2. The number of likely N-dealkylation sites (tertiary alicyclic amines) is 1. The molecule has 10 nitrogen and oxygen atoms in total. The maximum atomic E-state index is 13.0. The van der Waals surface area contributed by atoms with Crippen molar-refractivity contribution in [1.82, 2.24) is 15.5 Å². The van der Waals surface area contributed by atoms with Gasteiger partial charge < -0.3 is 25.3 Å². The van der Waals surface area contributed by atoms with Gasteiger partial charge in [0, 0.05) is 38.4 Å². The number of nitrogens with one attached hydrogen (secondary N) is 2. The van der Waals surface area contributed by atoms with Crippen LogP contribution in [0, 0.1) is 6.92 Å². The van der Waals surface area contributed by atoms with E-state index in [1.165, 1.54) is 32.1 Å². The van der Waals surface area contributed by atoms with Crippen LogP contribution in [0.5, 0.6) is 0 Å². The average Bonchev–Trinajstić information content (AvgIpc) is 3.33. The molecule has 1 aliphatic carbocycles. The Morgan fingerprint density at radius 2 is 1.65 bits per heavy atom. The molecule has 1 aromatic rings.